The molecule has 3 N–H and O–H groups in total. The second-order valence-electron chi connectivity index (χ2n) is 6.49. The molecule has 0 aliphatic heterocycles. The summed E-state index contributed by atoms with van der Waals surface area (Å²) in [6, 6.07) is 12.5. The molecule has 1 aromatic heterocycles. The summed E-state index contributed by atoms with van der Waals surface area (Å²) in [6.45, 7) is 7.14. The number of nitrogen functional groups attached to an aromatic ring is 1. The molecule has 2 aromatic carbocycles. The van der Waals surface area contributed by atoms with Crippen molar-refractivity contribution in [2.45, 2.75) is 18.7 Å². The van der Waals surface area contributed by atoms with E-state index in [0.29, 0.717) is 17.0 Å². The lowest BCUT2D eigenvalue weighted by molar-refractivity contribution is 0.103. The lowest BCUT2D eigenvalue weighted by atomic mass is 10.0. The number of carbonyl (C=O) groups excluding carboxylic acids is 1. The van der Waals surface area contributed by atoms with Gasteiger partial charge in [0.15, 0.2) is 5.78 Å². The van der Waals surface area contributed by atoms with Gasteiger partial charge in [0.2, 0.25) is 5.95 Å². The number of sulfonamides is 1. The van der Waals surface area contributed by atoms with Gasteiger partial charge in [0.1, 0.15) is 0 Å². The van der Waals surface area contributed by atoms with E-state index in [-0.39, 0.29) is 22.1 Å². The molecule has 0 saturated heterocycles. The predicted octanol–water partition coefficient (Wildman–Crippen LogP) is 3.35. The van der Waals surface area contributed by atoms with Crippen molar-refractivity contribution in [3.8, 4) is 0 Å². The molecule has 7 nitrogen and oxygen atoms in total. The third-order valence-corrected chi connectivity index (χ3v) is 5.54. The standard InChI is InChI=1S/C21H20N4O3S/c1-4-15-5-7-16(8-6-15)20(26)18-12-17(22)9-10-19(18)29(27,28)25-21-23-13(2)11-14(3)24-21/h4-12H,1,22H2,2-3H3,(H,23,24,25). The maximum absolute atomic E-state index is 13.0. The monoisotopic (exact) mass is 408 g/mol. The molecule has 148 valence electrons. The smallest absolute Gasteiger partial charge is 0.264 e. The van der Waals surface area contributed by atoms with E-state index in [1.54, 1.807) is 50.3 Å². The van der Waals surface area contributed by atoms with Crippen LogP contribution in [-0.2, 0) is 10.0 Å². The number of anilines is 2. The predicted molar refractivity (Wildman–Crippen MR) is 113 cm³/mol. The number of carbonyl (C=O) groups is 1. The van der Waals surface area contributed by atoms with Gasteiger partial charge < -0.3 is 5.73 Å². The molecular weight excluding hydrogens is 388 g/mol. The van der Waals surface area contributed by atoms with Crippen LogP contribution in [0.5, 0.6) is 0 Å². The number of benzene rings is 2. The van der Waals surface area contributed by atoms with Gasteiger partial charge in [-0.05, 0) is 43.7 Å². The number of rotatable bonds is 6. The molecule has 0 aliphatic carbocycles. The Morgan fingerprint density at radius 1 is 1.03 bits per heavy atom. The van der Waals surface area contributed by atoms with Crippen LogP contribution in [0.3, 0.4) is 0 Å². The highest BCUT2D eigenvalue weighted by Crippen LogP contribution is 2.24. The molecule has 3 rings (SSSR count). The van der Waals surface area contributed by atoms with Crippen molar-refractivity contribution in [3.05, 3.63) is 83.2 Å². The van der Waals surface area contributed by atoms with Crippen LogP contribution < -0.4 is 10.5 Å². The van der Waals surface area contributed by atoms with Crippen molar-refractivity contribution < 1.29 is 13.2 Å². The Balaban J connectivity index is 2.05. The SMILES string of the molecule is C=Cc1ccc(C(=O)c2cc(N)ccc2S(=O)(=O)Nc2nc(C)cc(C)n2)cc1. The first-order valence-electron chi connectivity index (χ1n) is 8.71. The topological polar surface area (TPSA) is 115 Å². The summed E-state index contributed by atoms with van der Waals surface area (Å²) in [7, 11) is -4.13. The zero-order valence-electron chi connectivity index (χ0n) is 16.0. The molecule has 0 aliphatic rings. The summed E-state index contributed by atoms with van der Waals surface area (Å²) in [5.74, 6) is -0.525. The van der Waals surface area contributed by atoms with Gasteiger partial charge in [-0.3, -0.25) is 4.79 Å². The van der Waals surface area contributed by atoms with Gasteiger partial charge in [-0.25, -0.2) is 23.1 Å². The second kappa shape index (κ2) is 7.84. The molecule has 8 heteroatoms. The maximum Gasteiger partial charge on any atom is 0.264 e. The van der Waals surface area contributed by atoms with Gasteiger partial charge >= 0.3 is 0 Å². The van der Waals surface area contributed by atoms with Crippen LogP contribution in [0.25, 0.3) is 6.08 Å². The van der Waals surface area contributed by atoms with Crippen LogP contribution in [0, 0.1) is 13.8 Å². The molecule has 0 unspecified atom stereocenters. The van der Waals surface area contributed by atoms with Crippen molar-refractivity contribution in [1.29, 1.82) is 0 Å². The molecule has 0 amide bonds. The molecule has 29 heavy (non-hydrogen) atoms. The van der Waals surface area contributed by atoms with E-state index in [2.05, 4.69) is 21.3 Å². The number of nitrogens with two attached hydrogens (primary N) is 1. The van der Waals surface area contributed by atoms with Crippen molar-refractivity contribution in [1.82, 2.24) is 9.97 Å². The van der Waals surface area contributed by atoms with E-state index in [1.807, 2.05) is 0 Å². The first kappa shape index (κ1) is 20.2. The Morgan fingerprint density at radius 2 is 1.66 bits per heavy atom. The lowest BCUT2D eigenvalue weighted by Gasteiger charge is -2.12. The zero-order chi connectivity index (χ0) is 21.2. The molecule has 0 saturated carbocycles. The van der Waals surface area contributed by atoms with E-state index in [0.717, 1.165) is 5.56 Å². The van der Waals surface area contributed by atoms with Gasteiger partial charge in [-0.2, -0.15) is 0 Å². The fraction of sp³-hybridized carbons (Fsp3) is 0.0952. The Bertz CT molecular complexity index is 1180. The molecule has 0 atom stereocenters. The highest BCUT2D eigenvalue weighted by Gasteiger charge is 2.24. The summed E-state index contributed by atoms with van der Waals surface area (Å²) in [6.07, 6.45) is 1.65. The largest absolute Gasteiger partial charge is 0.399 e. The van der Waals surface area contributed by atoms with Crippen LogP contribution in [0.1, 0.15) is 32.9 Å². The number of ketones is 1. The Morgan fingerprint density at radius 3 is 2.24 bits per heavy atom. The van der Waals surface area contributed by atoms with E-state index < -0.39 is 15.8 Å². The van der Waals surface area contributed by atoms with E-state index in [9.17, 15) is 13.2 Å². The second-order valence-corrected chi connectivity index (χ2v) is 8.14. The third kappa shape index (κ3) is 4.49. The molecular formula is C21H20N4O3S. The van der Waals surface area contributed by atoms with Crippen molar-refractivity contribution in [2.24, 2.45) is 0 Å². The fourth-order valence-corrected chi connectivity index (χ4v) is 3.96. The summed E-state index contributed by atoms with van der Waals surface area (Å²) in [4.78, 5) is 21.0. The van der Waals surface area contributed by atoms with Crippen LogP contribution in [0.15, 0.2) is 60.0 Å². The van der Waals surface area contributed by atoms with Gasteiger partial charge in [0, 0.05) is 28.2 Å². The summed E-state index contributed by atoms with van der Waals surface area (Å²) >= 11 is 0. The number of hydrogen-bond acceptors (Lipinski definition) is 6. The summed E-state index contributed by atoms with van der Waals surface area (Å²) in [5.41, 5.74) is 8.47. The first-order valence-corrected chi connectivity index (χ1v) is 10.2. The summed E-state index contributed by atoms with van der Waals surface area (Å²) < 4.78 is 28.3. The average molecular weight is 408 g/mol. The van der Waals surface area contributed by atoms with Crippen molar-refractivity contribution in [2.75, 3.05) is 10.5 Å². The van der Waals surface area contributed by atoms with Gasteiger partial charge in [0.25, 0.3) is 10.0 Å². The Hall–Kier alpha value is -3.52. The Kier molecular flexibility index (Phi) is 5.47. The van der Waals surface area contributed by atoms with Crippen LogP contribution in [0.4, 0.5) is 11.6 Å². The molecule has 0 spiro atoms. The minimum atomic E-state index is -4.13. The minimum absolute atomic E-state index is 0.0340. The molecule has 3 aromatic rings. The van der Waals surface area contributed by atoms with Crippen LogP contribution in [-0.4, -0.2) is 24.2 Å². The van der Waals surface area contributed by atoms with Gasteiger partial charge in [-0.15, -0.1) is 0 Å². The zero-order valence-corrected chi connectivity index (χ0v) is 16.8. The lowest BCUT2D eigenvalue weighted by Crippen LogP contribution is -2.19. The van der Waals surface area contributed by atoms with Crippen LogP contribution >= 0.6 is 0 Å². The van der Waals surface area contributed by atoms with E-state index in [4.69, 9.17) is 5.73 Å². The normalized spacial score (nSPS) is 11.1. The highest BCUT2D eigenvalue weighted by atomic mass is 32.2. The molecule has 0 fully saturated rings. The van der Waals surface area contributed by atoms with E-state index in [1.165, 1.54) is 18.2 Å². The number of aromatic nitrogens is 2. The molecule has 0 radical (unpaired) electrons. The van der Waals surface area contributed by atoms with Crippen molar-refractivity contribution >= 4 is 33.5 Å². The Labute approximate surface area is 169 Å². The first-order chi connectivity index (χ1) is 13.7. The molecule has 0 bridgehead atoms. The quantitative estimate of drug-likeness (QED) is 0.477. The fourth-order valence-electron chi connectivity index (χ4n) is 2.83. The van der Waals surface area contributed by atoms with Gasteiger partial charge in [0.05, 0.1) is 4.90 Å². The van der Waals surface area contributed by atoms with E-state index >= 15 is 0 Å². The minimum Gasteiger partial charge on any atom is -0.399 e. The number of hydrogen-bond donors (Lipinski definition) is 2. The maximum atomic E-state index is 13.0. The number of nitrogens with one attached hydrogen (secondary N) is 1. The van der Waals surface area contributed by atoms with Crippen LogP contribution in [0.2, 0.25) is 0 Å². The number of aryl methyl sites for hydroxylation is 2. The van der Waals surface area contributed by atoms with Crippen molar-refractivity contribution in [3.63, 3.8) is 0 Å². The molecule has 1 heterocycles. The highest BCUT2D eigenvalue weighted by molar-refractivity contribution is 7.92. The summed E-state index contributed by atoms with van der Waals surface area (Å²) in [5, 5.41) is 0. The van der Waals surface area contributed by atoms with Gasteiger partial charge in [-0.1, -0.05) is 36.9 Å². The third-order valence-electron chi connectivity index (χ3n) is 4.15. The number of nitrogens with zero attached hydrogens (tertiary/aromatic N) is 2. The average Bonchev–Trinajstić information content (AvgIpc) is 2.66.